The molecule has 1 heterocycles. The quantitative estimate of drug-likeness (QED) is 0.653. The summed E-state index contributed by atoms with van der Waals surface area (Å²) in [5.41, 5.74) is 9.17. The van der Waals surface area contributed by atoms with Gasteiger partial charge in [-0.3, -0.25) is 9.36 Å². The van der Waals surface area contributed by atoms with Gasteiger partial charge in [0.1, 0.15) is 6.04 Å². The maximum Gasteiger partial charge on any atom is 0.419 e. The lowest BCUT2D eigenvalue weighted by atomic mass is 9.88. The molecule has 0 spiro atoms. The Morgan fingerprint density at radius 1 is 1.23 bits per heavy atom. The topological polar surface area (TPSA) is 114 Å². The fourth-order valence-electron chi connectivity index (χ4n) is 3.08. The molecular formula is C23H26N4O3. The molecule has 0 aliphatic rings. The van der Waals surface area contributed by atoms with E-state index in [1.54, 1.807) is 20.0 Å². The van der Waals surface area contributed by atoms with Crippen molar-refractivity contribution in [3.8, 4) is 17.2 Å². The first-order valence-electron chi connectivity index (χ1n) is 9.82. The number of nitrogens with zero attached hydrogens (tertiary/aromatic N) is 2. The molecule has 1 amide bonds. The van der Waals surface area contributed by atoms with Crippen molar-refractivity contribution < 1.29 is 9.21 Å². The second-order valence-electron chi connectivity index (χ2n) is 8.10. The zero-order valence-electron chi connectivity index (χ0n) is 17.6. The van der Waals surface area contributed by atoms with Crippen LogP contribution in [0.1, 0.15) is 26.3 Å². The number of hydrogen-bond acceptors (Lipinski definition) is 5. The number of carbonyl (C=O) groups is 1. The van der Waals surface area contributed by atoms with Crippen LogP contribution in [0.2, 0.25) is 0 Å². The van der Waals surface area contributed by atoms with Crippen LogP contribution in [0.3, 0.4) is 0 Å². The highest BCUT2D eigenvalue weighted by Gasteiger charge is 2.33. The molecule has 7 heteroatoms. The second-order valence-corrected chi connectivity index (χ2v) is 8.10. The van der Waals surface area contributed by atoms with Crippen LogP contribution in [-0.4, -0.2) is 22.1 Å². The second kappa shape index (κ2) is 8.17. The standard InChI is InChI=1S/C23H26N4O3/c1-14(2)23(3,25)21(28)26-18(13-24)11-15-5-7-16(8-6-15)17-9-10-20-19(12-17)27(4)22(29)30-20/h5-10,12,14,18H,11,25H2,1-4H3,(H,26,28)/t18-,23?/m0/s1. The Balaban J connectivity index is 1.75. The Morgan fingerprint density at radius 3 is 2.47 bits per heavy atom. The van der Waals surface area contributed by atoms with Crippen molar-refractivity contribution in [2.75, 3.05) is 0 Å². The number of hydrogen-bond donors (Lipinski definition) is 2. The van der Waals surface area contributed by atoms with Gasteiger partial charge in [0.2, 0.25) is 5.91 Å². The van der Waals surface area contributed by atoms with Gasteiger partial charge in [0.05, 0.1) is 17.1 Å². The smallest absolute Gasteiger partial charge is 0.408 e. The average Bonchev–Trinajstić information content (AvgIpc) is 3.01. The van der Waals surface area contributed by atoms with E-state index < -0.39 is 17.3 Å². The molecular weight excluding hydrogens is 380 g/mol. The maximum absolute atomic E-state index is 12.4. The average molecular weight is 406 g/mol. The van der Waals surface area contributed by atoms with Crippen molar-refractivity contribution in [2.45, 2.75) is 38.8 Å². The van der Waals surface area contributed by atoms with E-state index in [-0.39, 0.29) is 11.8 Å². The van der Waals surface area contributed by atoms with Crippen LogP contribution in [0.25, 0.3) is 22.2 Å². The zero-order chi connectivity index (χ0) is 22.1. The van der Waals surface area contributed by atoms with Gasteiger partial charge in [-0.25, -0.2) is 4.79 Å². The van der Waals surface area contributed by atoms with Crippen LogP contribution in [-0.2, 0) is 18.3 Å². The Bertz CT molecular complexity index is 1160. The van der Waals surface area contributed by atoms with Crippen molar-refractivity contribution in [1.82, 2.24) is 9.88 Å². The summed E-state index contributed by atoms with van der Waals surface area (Å²) >= 11 is 0. The molecule has 7 nitrogen and oxygen atoms in total. The Kier molecular flexibility index (Phi) is 5.81. The van der Waals surface area contributed by atoms with Gasteiger partial charge in [-0.1, -0.05) is 44.2 Å². The predicted octanol–water partition coefficient (Wildman–Crippen LogP) is 2.72. The van der Waals surface area contributed by atoms with E-state index in [1.807, 2.05) is 50.2 Å². The van der Waals surface area contributed by atoms with Crippen LogP contribution in [0.5, 0.6) is 0 Å². The number of benzene rings is 2. The lowest BCUT2D eigenvalue weighted by molar-refractivity contribution is -0.127. The monoisotopic (exact) mass is 406 g/mol. The van der Waals surface area contributed by atoms with Crippen molar-refractivity contribution in [1.29, 1.82) is 5.26 Å². The first kappa shape index (κ1) is 21.3. The molecule has 0 aliphatic carbocycles. The normalized spacial score (nSPS) is 14.3. The van der Waals surface area contributed by atoms with Crippen molar-refractivity contribution in [3.05, 3.63) is 58.6 Å². The van der Waals surface area contributed by atoms with Crippen LogP contribution < -0.4 is 16.8 Å². The van der Waals surface area contributed by atoms with Gasteiger partial charge >= 0.3 is 5.76 Å². The number of fused-ring (bicyclic) bond motifs is 1. The Hall–Kier alpha value is -3.37. The van der Waals surface area contributed by atoms with Gasteiger partial charge < -0.3 is 15.5 Å². The fourth-order valence-corrected chi connectivity index (χ4v) is 3.08. The minimum Gasteiger partial charge on any atom is -0.408 e. The van der Waals surface area contributed by atoms with Crippen molar-refractivity contribution >= 4 is 17.0 Å². The summed E-state index contributed by atoms with van der Waals surface area (Å²) in [6, 6.07) is 14.8. The molecule has 0 radical (unpaired) electrons. The van der Waals surface area contributed by atoms with Gasteiger partial charge in [-0.05, 0) is 41.7 Å². The van der Waals surface area contributed by atoms with Crippen LogP contribution in [0.4, 0.5) is 0 Å². The van der Waals surface area contributed by atoms with E-state index in [0.717, 1.165) is 22.2 Å². The predicted molar refractivity (Wildman–Crippen MR) is 116 cm³/mol. The molecule has 1 unspecified atom stereocenters. The third-order valence-electron chi connectivity index (χ3n) is 5.67. The molecule has 3 N–H and O–H groups in total. The molecule has 0 bridgehead atoms. The van der Waals surface area contributed by atoms with Crippen LogP contribution in [0, 0.1) is 17.2 Å². The number of oxazole rings is 1. The van der Waals surface area contributed by atoms with Gasteiger partial charge in [0.25, 0.3) is 0 Å². The Morgan fingerprint density at radius 2 is 1.87 bits per heavy atom. The number of nitrogens with one attached hydrogen (secondary N) is 1. The summed E-state index contributed by atoms with van der Waals surface area (Å²) in [4.78, 5) is 24.1. The van der Waals surface area contributed by atoms with Crippen molar-refractivity contribution in [3.63, 3.8) is 0 Å². The van der Waals surface area contributed by atoms with E-state index in [9.17, 15) is 14.9 Å². The summed E-state index contributed by atoms with van der Waals surface area (Å²) in [7, 11) is 1.67. The molecule has 30 heavy (non-hydrogen) atoms. The van der Waals surface area contributed by atoms with E-state index in [0.29, 0.717) is 12.0 Å². The highest BCUT2D eigenvalue weighted by molar-refractivity contribution is 5.86. The summed E-state index contributed by atoms with van der Waals surface area (Å²) in [5, 5.41) is 12.2. The van der Waals surface area contributed by atoms with Crippen LogP contribution in [0.15, 0.2) is 51.7 Å². The van der Waals surface area contributed by atoms with Crippen molar-refractivity contribution in [2.24, 2.45) is 18.7 Å². The molecule has 2 atom stereocenters. The number of aromatic nitrogens is 1. The van der Waals surface area contributed by atoms with Crippen LogP contribution >= 0.6 is 0 Å². The summed E-state index contributed by atoms with van der Waals surface area (Å²) in [6.45, 7) is 5.42. The van der Waals surface area contributed by atoms with Gasteiger partial charge in [0.15, 0.2) is 5.58 Å². The summed E-state index contributed by atoms with van der Waals surface area (Å²) in [5.74, 6) is -0.781. The fraction of sp³-hybridized carbons (Fsp3) is 0.348. The van der Waals surface area contributed by atoms with Gasteiger partial charge in [-0.15, -0.1) is 0 Å². The third-order valence-corrected chi connectivity index (χ3v) is 5.67. The molecule has 0 saturated carbocycles. The molecule has 0 aliphatic heterocycles. The summed E-state index contributed by atoms with van der Waals surface area (Å²) < 4.78 is 6.64. The molecule has 1 aromatic heterocycles. The minimum absolute atomic E-state index is 0.0526. The largest absolute Gasteiger partial charge is 0.419 e. The first-order valence-corrected chi connectivity index (χ1v) is 9.82. The molecule has 3 aromatic rings. The Labute approximate surface area is 175 Å². The lowest BCUT2D eigenvalue weighted by Gasteiger charge is -2.28. The number of nitriles is 1. The molecule has 2 aromatic carbocycles. The van der Waals surface area contributed by atoms with E-state index in [4.69, 9.17) is 10.2 Å². The number of rotatable bonds is 6. The number of nitrogens with two attached hydrogens (primary N) is 1. The third kappa shape index (κ3) is 4.14. The molecule has 3 rings (SSSR count). The SMILES string of the molecule is CC(C)C(C)(N)C(=O)N[C@H](C#N)Cc1ccc(-c2ccc3oc(=O)n(C)c3c2)cc1. The summed E-state index contributed by atoms with van der Waals surface area (Å²) in [6.07, 6.45) is 0.381. The highest BCUT2D eigenvalue weighted by Crippen LogP contribution is 2.24. The number of aryl methyl sites for hydroxylation is 1. The minimum atomic E-state index is -1.04. The first-order chi connectivity index (χ1) is 14.1. The molecule has 0 saturated heterocycles. The lowest BCUT2D eigenvalue weighted by Crippen LogP contribution is -2.57. The number of carbonyl (C=O) groups excluding carboxylic acids is 1. The van der Waals surface area contributed by atoms with E-state index >= 15 is 0 Å². The van der Waals surface area contributed by atoms with E-state index in [1.165, 1.54) is 4.57 Å². The van der Waals surface area contributed by atoms with E-state index in [2.05, 4.69) is 11.4 Å². The maximum atomic E-state index is 12.4. The van der Waals surface area contributed by atoms with Gasteiger partial charge in [-0.2, -0.15) is 5.26 Å². The number of amides is 1. The highest BCUT2D eigenvalue weighted by atomic mass is 16.4. The van der Waals surface area contributed by atoms with Gasteiger partial charge in [0, 0.05) is 13.5 Å². The molecule has 0 fully saturated rings. The zero-order valence-corrected chi connectivity index (χ0v) is 17.6. The molecule has 156 valence electrons.